The van der Waals surface area contributed by atoms with Crippen LogP contribution in [-0.4, -0.2) is 35.4 Å². The fraction of sp³-hybridized carbons (Fsp3) is 0.182. The van der Waals surface area contributed by atoms with Crippen molar-refractivity contribution in [1.29, 1.82) is 0 Å². The Kier molecular flexibility index (Phi) is 6.92. The molecule has 3 aromatic rings. The number of carbonyl (C=O) groups excluding carboxylic acids is 3. The van der Waals surface area contributed by atoms with Crippen LogP contribution in [0.1, 0.15) is 22.8 Å². The number of aryl methyl sites for hydroxylation is 1. The van der Waals surface area contributed by atoms with E-state index in [0.29, 0.717) is 10.7 Å². The molecule has 0 saturated heterocycles. The van der Waals surface area contributed by atoms with Gasteiger partial charge < -0.3 is 10.1 Å². The van der Waals surface area contributed by atoms with Crippen molar-refractivity contribution in [2.75, 3.05) is 11.9 Å². The summed E-state index contributed by atoms with van der Waals surface area (Å²) < 4.78 is 5.10. The number of nitrogens with one attached hydrogen (secondary N) is 2. The number of rotatable bonds is 7. The summed E-state index contributed by atoms with van der Waals surface area (Å²) in [4.78, 5) is 40.7. The van der Waals surface area contributed by atoms with E-state index in [0.717, 1.165) is 16.8 Å². The van der Waals surface area contributed by atoms with Crippen LogP contribution in [0.25, 0.3) is 11.3 Å². The summed E-state index contributed by atoms with van der Waals surface area (Å²) in [7, 11) is 0. The van der Waals surface area contributed by atoms with Crippen LogP contribution in [0.5, 0.6) is 0 Å². The molecule has 0 spiro atoms. The molecule has 1 unspecified atom stereocenters. The molecule has 7 nitrogen and oxygen atoms in total. The number of benzene rings is 2. The van der Waals surface area contributed by atoms with Crippen LogP contribution in [0, 0.1) is 6.92 Å². The van der Waals surface area contributed by atoms with Crippen molar-refractivity contribution in [1.82, 2.24) is 10.3 Å². The van der Waals surface area contributed by atoms with Gasteiger partial charge in [0, 0.05) is 16.5 Å². The molecule has 0 aliphatic heterocycles. The fourth-order valence-electron chi connectivity index (χ4n) is 2.61. The van der Waals surface area contributed by atoms with Crippen LogP contribution in [-0.2, 0) is 14.3 Å². The van der Waals surface area contributed by atoms with E-state index < -0.39 is 18.0 Å². The number of thiazole rings is 1. The Morgan fingerprint density at radius 2 is 1.87 bits per heavy atom. The quantitative estimate of drug-likeness (QED) is 0.568. The third kappa shape index (κ3) is 5.74. The second kappa shape index (κ2) is 9.80. The van der Waals surface area contributed by atoms with Gasteiger partial charge in [0.2, 0.25) is 0 Å². The lowest BCUT2D eigenvalue weighted by molar-refractivity contribution is -0.152. The number of amides is 2. The van der Waals surface area contributed by atoms with Crippen LogP contribution in [0.3, 0.4) is 0 Å². The largest absolute Gasteiger partial charge is 0.451 e. The predicted molar refractivity (Wildman–Crippen MR) is 115 cm³/mol. The Bertz CT molecular complexity index is 1050. The van der Waals surface area contributed by atoms with Crippen molar-refractivity contribution in [2.24, 2.45) is 0 Å². The lowest BCUT2D eigenvalue weighted by Gasteiger charge is -2.13. The minimum Gasteiger partial charge on any atom is -0.451 e. The van der Waals surface area contributed by atoms with Crippen LogP contribution < -0.4 is 10.6 Å². The zero-order chi connectivity index (χ0) is 21.5. The molecule has 0 aliphatic carbocycles. The maximum Gasteiger partial charge on any atom is 0.326 e. The first-order chi connectivity index (χ1) is 14.4. The van der Waals surface area contributed by atoms with E-state index in [1.54, 1.807) is 18.2 Å². The maximum atomic E-state index is 12.3. The van der Waals surface area contributed by atoms with E-state index in [1.165, 1.54) is 18.3 Å². The average molecular weight is 423 g/mol. The Hall–Kier alpha value is -3.52. The molecule has 0 bridgehead atoms. The standard InChI is InChI=1S/C22H21N3O4S/c1-14-7-6-10-17(11-14)21(28)23-12-19(26)29-15(2)20(27)25-22-24-18(13-30-22)16-8-4-3-5-9-16/h3-11,13,15H,12H2,1-2H3,(H,23,28)(H,24,25,27). The lowest BCUT2D eigenvalue weighted by atomic mass is 10.1. The van der Waals surface area contributed by atoms with E-state index in [2.05, 4.69) is 15.6 Å². The molecule has 2 amide bonds. The van der Waals surface area contributed by atoms with Crippen molar-refractivity contribution in [3.8, 4) is 11.3 Å². The molecule has 2 aromatic carbocycles. The van der Waals surface area contributed by atoms with Gasteiger partial charge in [0.05, 0.1) is 5.69 Å². The van der Waals surface area contributed by atoms with Gasteiger partial charge in [0.1, 0.15) is 6.54 Å². The zero-order valence-electron chi connectivity index (χ0n) is 16.5. The third-order valence-corrected chi connectivity index (χ3v) is 4.91. The average Bonchev–Trinajstić information content (AvgIpc) is 3.21. The first-order valence-electron chi connectivity index (χ1n) is 9.28. The number of nitrogens with zero attached hydrogens (tertiary/aromatic N) is 1. The molecule has 0 fully saturated rings. The second-order valence-corrected chi connectivity index (χ2v) is 7.44. The number of esters is 1. The van der Waals surface area contributed by atoms with Gasteiger partial charge in [-0.3, -0.25) is 19.7 Å². The van der Waals surface area contributed by atoms with E-state index in [9.17, 15) is 14.4 Å². The normalized spacial score (nSPS) is 11.4. The molecule has 1 atom stereocenters. The molecule has 1 aromatic heterocycles. The van der Waals surface area contributed by atoms with Gasteiger partial charge in [-0.2, -0.15) is 0 Å². The minimum atomic E-state index is -1.03. The molecule has 8 heteroatoms. The van der Waals surface area contributed by atoms with Crippen molar-refractivity contribution >= 4 is 34.3 Å². The molecule has 1 heterocycles. The summed E-state index contributed by atoms with van der Waals surface area (Å²) in [6.07, 6.45) is -1.03. The number of carbonyl (C=O) groups is 3. The first kappa shape index (κ1) is 21.2. The van der Waals surface area contributed by atoms with Gasteiger partial charge in [-0.25, -0.2) is 4.98 Å². The summed E-state index contributed by atoms with van der Waals surface area (Å²) >= 11 is 1.28. The SMILES string of the molecule is Cc1cccc(C(=O)NCC(=O)OC(C)C(=O)Nc2nc(-c3ccccc3)cs2)c1. The van der Waals surface area contributed by atoms with E-state index in [1.807, 2.05) is 48.7 Å². The number of ether oxygens (including phenoxy) is 1. The minimum absolute atomic E-state index is 0.334. The smallest absolute Gasteiger partial charge is 0.326 e. The van der Waals surface area contributed by atoms with Crippen LogP contribution in [0.15, 0.2) is 60.0 Å². The summed E-state index contributed by atoms with van der Waals surface area (Å²) in [5, 5.41) is 7.37. The molecule has 0 saturated carbocycles. The molecule has 3 rings (SSSR count). The highest BCUT2D eigenvalue weighted by Crippen LogP contribution is 2.24. The van der Waals surface area contributed by atoms with Crippen molar-refractivity contribution < 1.29 is 19.1 Å². The van der Waals surface area contributed by atoms with Crippen LogP contribution >= 0.6 is 11.3 Å². The third-order valence-electron chi connectivity index (χ3n) is 4.15. The highest BCUT2D eigenvalue weighted by molar-refractivity contribution is 7.14. The van der Waals surface area contributed by atoms with Crippen molar-refractivity contribution in [3.05, 3.63) is 71.1 Å². The molecular formula is C22H21N3O4S. The first-order valence-corrected chi connectivity index (χ1v) is 10.2. The van der Waals surface area contributed by atoms with Gasteiger partial charge in [0.25, 0.3) is 11.8 Å². The predicted octanol–water partition coefficient (Wildman–Crippen LogP) is 3.42. The van der Waals surface area contributed by atoms with E-state index >= 15 is 0 Å². The Morgan fingerprint density at radius 1 is 1.10 bits per heavy atom. The molecular weight excluding hydrogens is 402 g/mol. The molecule has 0 aliphatic rings. The number of hydrogen-bond acceptors (Lipinski definition) is 6. The van der Waals surface area contributed by atoms with Gasteiger partial charge in [-0.15, -0.1) is 11.3 Å². The van der Waals surface area contributed by atoms with Crippen molar-refractivity contribution in [2.45, 2.75) is 20.0 Å². The molecule has 2 N–H and O–H groups in total. The Labute approximate surface area is 178 Å². The lowest BCUT2D eigenvalue weighted by Crippen LogP contribution is -2.35. The number of hydrogen-bond donors (Lipinski definition) is 2. The van der Waals surface area contributed by atoms with Crippen LogP contribution in [0.4, 0.5) is 5.13 Å². The zero-order valence-corrected chi connectivity index (χ0v) is 17.4. The highest BCUT2D eigenvalue weighted by atomic mass is 32.1. The van der Waals surface area contributed by atoms with E-state index in [-0.39, 0.29) is 12.5 Å². The Morgan fingerprint density at radius 3 is 2.60 bits per heavy atom. The molecule has 154 valence electrons. The summed E-state index contributed by atoms with van der Waals surface area (Å²) in [5.74, 6) is -1.59. The highest BCUT2D eigenvalue weighted by Gasteiger charge is 2.20. The topological polar surface area (TPSA) is 97.4 Å². The molecule has 0 radical (unpaired) electrons. The van der Waals surface area contributed by atoms with Gasteiger partial charge in [-0.05, 0) is 26.0 Å². The maximum absolute atomic E-state index is 12.3. The second-order valence-electron chi connectivity index (χ2n) is 6.58. The summed E-state index contributed by atoms with van der Waals surface area (Å²) in [6, 6.07) is 16.6. The molecule has 30 heavy (non-hydrogen) atoms. The fourth-order valence-corrected chi connectivity index (χ4v) is 3.34. The summed E-state index contributed by atoms with van der Waals surface area (Å²) in [6.45, 7) is 3.00. The van der Waals surface area contributed by atoms with Gasteiger partial charge >= 0.3 is 5.97 Å². The monoisotopic (exact) mass is 423 g/mol. The van der Waals surface area contributed by atoms with E-state index in [4.69, 9.17) is 4.74 Å². The Balaban J connectivity index is 1.47. The van der Waals surface area contributed by atoms with Crippen molar-refractivity contribution in [3.63, 3.8) is 0 Å². The number of anilines is 1. The van der Waals surface area contributed by atoms with Gasteiger partial charge in [-0.1, -0.05) is 48.0 Å². The van der Waals surface area contributed by atoms with Crippen LogP contribution in [0.2, 0.25) is 0 Å². The van der Waals surface area contributed by atoms with Gasteiger partial charge in [0.15, 0.2) is 11.2 Å². The number of aromatic nitrogens is 1. The summed E-state index contributed by atoms with van der Waals surface area (Å²) in [5.41, 5.74) is 3.08.